The molecular weight excluding hydrogens is 403 g/mol. The number of hydrogen-bond donors (Lipinski definition) is 0. The van der Waals surface area contributed by atoms with Gasteiger partial charge >= 0.3 is 0 Å². The summed E-state index contributed by atoms with van der Waals surface area (Å²) in [6, 6.07) is 3.96. The van der Waals surface area contributed by atoms with Crippen LogP contribution in [0.1, 0.15) is 51.0 Å². The molecule has 128 valence electrons. The average Bonchev–Trinajstić information content (AvgIpc) is 2.57. The van der Waals surface area contributed by atoms with Crippen molar-refractivity contribution in [1.82, 2.24) is 0 Å². The summed E-state index contributed by atoms with van der Waals surface area (Å²) in [4.78, 5) is 0. The van der Waals surface area contributed by atoms with Gasteiger partial charge < -0.3 is 14.2 Å². The normalized spacial score (nSPS) is 16.8. The van der Waals surface area contributed by atoms with Gasteiger partial charge in [-0.05, 0) is 59.5 Å². The molecule has 0 saturated heterocycles. The minimum absolute atomic E-state index is 0.282. The first-order chi connectivity index (χ1) is 11.1. The molecule has 4 heteroatoms. The van der Waals surface area contributed by atoms with Crippen LogP contribution in [0.25, 0.3) is 6.08 Å². The SMILES string of the molecule is C=Cc1cc(I)c(OC(C)OCCC2CCCCC2)c(OC)c1. The maximum Gasteiger partial charge on any atom is 0.197 e. The molecule has 1 aliphatic rings. The third-order valence-corrected chi connectivity index (χ3v) is 5.18. The van der Waals surface area contributed by atoms with E-state index in [1.807, 2.05) is 19.1 Å². The lowest BCUT2D eigenvalue weighted by Crippen LogP contribution is -2.19. The number of ether oxygens (including phenoxy) is 3. The van der Waals surface area contributed by atoms with Gasteiger partial charge in [-0.25, -0.2) is 0 Å². The second-order valence-electron chi connectivity index (χ2n) is 6.09. The van der Waals surface area contributed by atoms with Crippen LogP contribution < -0.4 is 9.47 Å². The van der Waals surface area contributed by atoms with Crippen LogP contribution in [0, 0.1) is 9.49 Å². The van der Waals surface area contributed by atoms with Gasteiger partial charge in [0, 0.05) is 0 Å². The summed E-state index contributed by atoms with van der Waals surface area (Å²) < 4.78 is 18.3. The first kappa shape index (κ1) is 18.6. The molecule has 0 N–H and O–H groups in total. The van der Waals surface area contributed by atoms with Gasteiger partial charge in [0.25, 0.3) is 0 Å². The Morgan fingerprint density at radius 3 is 2.70 bits per heavy atom. The molecule has 0 aromatic heterocycles. The van der Waals surface area contributed by atoms with E-state index in [0.29, 0.717) is 0 Å². The molecule has 3 nitrogen and oxygen atoms in total. The maximum atomic E-state index is 5.97. The van der Waals surface area contributed by atoms with Gasteiger partial charge in [0.2, 0.25) is 0 Å². The lowest BCUT2D eigenvalue weighted by molar-refractivity contribution is -0.0724. The highest BCUT2D eigenvalue weighted by Crippen LogP contribution is 2.35. The second kappa shape index (κ2) is 9.52. The van der Waals surface area contributed by atoms with Crippen LogP contribution in [-0.4, -0.2) is 20.0 Å². The van der Waals surface area contributed by atoms with E-state index in [9.17, 15) is 0 Å². The Morgan fingerprint density at radius 1 is 1.30 bits per heavy atom. The fourth-order valence-electron chi connectivity index (χ4n) is 3.05. The van der Waals surface area contributed by atoms with Gasteiger partial charge in [-0.15, -0.1) is 0 Å². The summed E-state index contributed by atoms with van der Waals surface area (Å²) in [6.07, 6.45) is 9.52. The molecule has 1 aromatic carbocycles. The van der Waals surface area contributed by atoms with Crippen molar-refractivity contribution in [3.05, 3.63) is 27.8 Å². The average molecular weight is 430 g/mol. The predicted molar refractivity (Wildman–Crippen MR) is 103 cm³/mol. The first-order valence-corrected chi connectivity index (χ1v) is 9.50. The zero-order valence-corrected chi connectivity index (χ0v) is 16.3. The van der Waals surface area contributed by atoms with E-state index >= 15 is 0 Å². The van der Waals surface area contributed by atoms with Crippen molar-refractivity contribution in [2.24, 2.45) is 5.92 Å². The monoisotopic (exact) mass is 430 g/mol. The Bertz CT molecular complexity index is 510. The van der Waals surface area contributed by atoms with Crippen molar-refractivity contribution in [2.45, 2.75) is 51.7 Å². The molecule has 23 heavy (non-hydrogen) atoms. The van der Waals surface area contributed by atoms with Crippen molar-refractivity contribution in [3.63, 3.8) is 0 Å². The molecule has 1 unspecified atom stereocenters. The van der Waals surface area contributed by atoms with E-state index in [4.69, 9.17) is 14.2 Å². The van der Waals surface area contributed by atoms with Crippen LogP contribution in [0.2, 0.25) is 0 Å². The molecule has 0 aliphatic heterocycles. The Hall–Kier alpha value is -0.750. The summed E-state index contributed by atoms with van der Waals surface area (Å²) in [5.41, 5.74) is 1.02. The first-order valence-electron chi connectivity index (χ1n) is 8.42. The van der Waals surface area contributed by atoms with Crippen LogP contribution in [-0.2, 0) is 4.74 Å². The number of hydrogen-bond acceptors (Lipinski definition) is 3. The van der Waals surface area contributed by atoms with Crippen molar-refractivity contribution in [3.8, 4) is 11.5 Å². The Kier molecular flexibility index (Phi) is 7.70. The quantitative estimate of drug-likeness (QED) is 0.394. The Morgan fingerprint density at radius 2 is 2.04 bits per heavy atom. The number of methoxy groups -OCH3 is 1. The summed E-state index contributed by atoms with van der Waals surface area (Å²) in [5.74, 6) is 2.29. The topological polar surface area (TPSA) is 27.7 Å². The molecule has 0 amide bonds. The smallest absolute Gasteiger partial charge is 0.197 e. The number of benzene rings is 1. The van der Waals surface area contributed by atoms with Crippen LogP contribution in [0.3, 0.4) is 0 Å². The third-order valence-electron chi connectivity index (χ3n) is 4.37. The molecule has 0 heterocycles. The lowest BCUT2D eigenvalue weighted by atomic mass is 9.87. The molecule has 2 rings (SSSR count). The van der Waals surface area contributed by atoms with E-state index in [1.54, 1.807) is 13.2 Å². The molecule has 1 saturated carbocycles. The zero-order chi connectivity index (χ0) is 16.7. The van der Waals surface area contributed by atoms with Crippen molar-refractivity contribution in [2.75, 3.05) is 13.7 Å². The van der Waals surface area contributed by atoms with Crippen LogP contribution >= 0.6 is 22.6 Å². The molecule has 1 atom stereocenters. The molecule has 1 aliphatic carbocycles. The lowest BCUT2D eigenvalue weighted by Gasteiger charge is -2.23. The molecule has 0 radical (unpaired) electrons. The zero-order valence-electron chi connectivity index (χ0n) is 14.1. The van der Waals surface area contributed by atoms with E-state index in [-0.39, 0.29) is 6.29 Å². The van der Waals surface area contributed by atoms with Crippen LogP contribution in [0.4, 0.5) is 0 Å². The summed E-state index contributed by atoms with van der Waals surface area (Å²) >= 11 is 2.26. The Labute approximate surface area is 153 Å². The van der Waals surface area contributed by atoms with Gasteiger partial charge in [-0.3, -0.25) is 0 Å². The van der Waals surface area contributed by atoms with Gasteiger partial charge in [0.1, 0.15) is 0 Å². The van der Waals surface area contributed by atoms with Gasteiger partial charge in [-0.1, -0.05) is 44.8 Å². The fourth-order valence-corrected chi connectivity index (χ4v) is 3.80. The summed E-state index contributed by atoms with van der Waals surface area (Å²) in [5, 5.41) is 0. The summed E-state index contributed by atoms with van der Waals surface area (Å²) in [7, 11) is 1.65. The molecule has 0 spiro atoms. The van der Waals surface area contributed by atoms with Gasteiger partial charge in [0.15, 0.2) is 17.8 Å². The largest absolute Gasteiger partial charge is 0.493 e. The van der Waals surface area contributed by atoms with Gasteiger partial charge in [-0.2, -0.15) is 0 Å². The van der Waals surface area contributed by atoms with Crippen LogP contribution in [0.5, 0.6) is 11.5 Å². The number of rotatable bonds is 8. The highest BCUT2D eigenvalue weighted by molar-refractivity contribution is 14.1. The highest BCUT2D eigenvalue weighted by Gasteiger charge is 2.16. The highest BCUT2D eigenvalue weighted by atomic mass is 127. The van der Waals surface area contributed by atoms with Gasteiger partial charge in [0.05, 0.1) is 17.3 Å². The second-order valence-corrected chi connectivity index (χ2v) is 7.25. The van der Waals surface area contributed by atoms with Crippen molar-refractivity contribution >= 4 is 28.7 Å². The van der Waals surface area contributed by atoms with E-state index in [0.717, 1.165) is 39.6 Å². The summed E-state index contributed by atoms with van der Waals surface area (Å²) in [6.45, 7) is 6.50. The minimum atomic E-state index is -0.282. The molecular formula is C19H27IO3. The van der Waals surface area contributed by atoms with Crippen molar-refractivity contribution in [1.29, 1.82) is 0 Å². The molecule has 0 bridgehead atoms. The molecule has 1 fully saturated rings. The van der Waals surface area contributed by atoms with E-state index < -0.39 is 0 Å². The van der Waals surface area contributed by atoms with E-state index in [1.165, 1.54) is 32.1 Å². The maximum absolute atomic E-state index is 5.97. The third kappa shape index (κ3) is 5.68. The van der Waals surface area contributed by atoms with Crippen LogP contribution in [0.15, 0.2) is 18.7 Å². The van der Waals surface area contributed by atoms with Crippen molar-refractivity contribution < 1.29 is 14.2 Å². The fraction of sp³-hybridized carbons (Fsp3) is 0.579. The minimum Gasteiger partial charge on any atom is -0.493 e. The molecule has 1 aromatic rings. The number of halogens is 1. The Balaban J connectivity index is 1.86. The standard InChI is InChI=1S/C19H27IO3/c1-4-15-12-17(20)19(18(13-15)21-3)23-14(2)22-11-10-16-8-6-5-7-9-16/h4,12-14,16H,1,5-11H2,2-3H3. The predicted octanol–water partition coefficient (Wildman–Crippen LogP) is 5.65. The van der Waals surface area contributed by atoms with E-state index in [2.05, 4.69) is 29.2 Å².